The molecule has 1 aliphatic carbocycles. The van der Waals surface area contributed by atoms with E-state index < -0.39 is 0 Å². The first-order chi connectivity index (χ1) is 10.9. The van der Waals surface area contributed by atoms with Gasteiger partial charge in [0, 0.05) is 11.1 Å². The first-order valence-electron chi connectivity index (χ1n) is 7.96. The van der Waals surface area contributed by atoms with Crippen molar-refractivity contribution in [2.75, 3.05) is 0 Å². The molecule has 0 atom stereocenters. The molecule has 2 aromatic rings. The van der Waals surface area contributed by atoms with Gasteiger partial charge in [0.2, 0.25) is 0 Å². The van der Waals surface area contributed by atoms with Crippen LogP contribution in [0.1, 0.15) is 45.1 Å². The molecule has 0 bridgehead atoms. The Morgan fingerprint density at radius 3 is 1.78 bits per heavy atom. The summed E-state index contributed by atoms with van der Waals surface area (Å²) in [6, 6.07) is 7.41. The highest BCUT2D eigenvalue weighted by atomic mass is 16.3. The Balaban J connectivity index is 1.98. The van der Waals surface area contributed by atoms with E-state index in [0.717, 1.165) is 35.5 Å². The lowest BCUT2D eigenvalue weighted by atomic mass is 9.68. The molecule has 3 rings (SSSR count). The Morgan fingerprint density at radius 1 is 0.957 bits per heavy atom. The molecule has 0 unspecified atom stereocenters. The first kappa shape index (κ1) is 15.6. The van der Waals surface area contributed by atoms with Crippen LogP contribution in [0.25, 0.3) is 12.2 Å². The van der Waals surface area contributed by atoms with E-state index in [9.17, 15) is 4.79 Å². The molecule has 0 spiro atoms. The second-order valence-electron chi connectivity index (χ2n) is 7.17. The van der Waals surface area contributed by atoms with Crippen molar-refractivity contribution in [3.63, 3.8) is 0 Å². The zero-order chi connectivity index (χ0) is 16.4. The first-order valence-corrected chi connectivity index (χ1v) is 7.96. The fourth-order valence-corrected chi connectivity index (χ4v) is 2.95. The van der Waals surface area contributed by atoms with Crippen LogP contribution >= 0.6 is 0 Å². The van der Waals surface area contributed by atoms with Gasteiger partial charge >= 0.3 is 0 Å². The van der Waals surface area contributed by atoms with Crippen molar-refractivity contribution in [2.24, 2.45) is 11.3 Å². The minimum Gasteiger partial charge on any atom is -0.465 e. The van der Waals surface area contributed by atoms with Gasteiger partial charge in [0.15, 0.2) is 5.78 Å². The second-order valence-corrected chi connectivity index (χ2v) is 7.17. The molecule has 120 valence electrons. The molecule has 2 aromatic heterocycles. The van der Waals surface area contributed by atoms with Crippen LogP contribution in [0.15, 0.2) is 56.8 Å². The second kappa shape index (κ2) is 6.07. The molecule has 0 amide bonds. The summed E-state index contributed by atoms with van der Waals surface area (Å²) in [4.78, 5) is 12.8. The third-order valence-corrected chi connectivity index (χ3v) is 4.46. The maximum absolute atomic E-state index is 12.8. The molecule has 23 heavy (non-hydrogen) atoms. The summed E-state index contributed by atoms with van der Waals surface area (Å²) in [5.74, 6) is 1.95. The molecule has 0 radical (unpaired) electrons. The number of ketones is 1. The van der Waals surface area contributed by atoms with E-state index in [1.54, 1.807) is 12.5 Å². The summed E-state index contributed by atoms with van der Waals surface area (Å²) in [5, 5.41) is 0. The van der Waals surface area contributed by atoms with E-state index >= 15 is 0 Å². The van der Waals surface area contributed by atoms with E-state index in [1.165, 1.54) is 0 Å². The zero-order valence-corrected chi connectivity index (χ0v) is 13.8. The number of allylic oxidation sites excluding steroid dienone is 2. The van der Waals surface area contributed by atoms with Gasteiger partial charge in [0.25, 0.3) is 0 Å². The highest BCUT2D eigenvalue weighted by Crippen LogP contribution is 2.41. The minimum absolute atomic E-state index is 0.0956. The molecular weight excluding hydrogens is 288 g/mol. The van der Waals surface area contributed by atoms with Crippen LogP contribution in [0, 0.1) is 11.3 Å². The minimum atomic E-state index is 0.0956. The maximum Gasteiger partial charge on any atom is 0.185 e. The van der Waals surface area contributed by atoms with E-state index in [1.807, 2.05) is 36.4 Å². The highest BCUT2D eigenvalue weighted by molar-refractivity contribution is 6.13. The number of hydrogen-bond acceptors (Lipinski definition) is 3. The molecule has 3 heteroatoms. The summed E-state index contributed by atoms with van der Waals surface area (Å²) < 4.78 is 10.8. The standard InChI is InChI=1S/C20H22O3/c1-20(2,3)16-10-14(12-17-6-4-8-22-17)19(21)15(11-16)13-18-7-5-9-23-18/h4-9,12-13,16H,10-11H2,1-3H3/b14-12+,15-13+. The maximum atomic E-state index is 12.8. The van der Waals surface area contributed by atoms with Crippen LogP contribution < -0.4 is 0 Å². The fraction of sp³-hybridized carbons (Fsp3) is 0.350. The Bertz CT molecular complexity index is 666. The number of Topliss-reactive ketones (excluding diaryl/α,β-unsaturated/α-hetero) is 1. The third kappa shape index (κ3) is 3.55. The largest absolute Gasteiger partial charge is 0.465 e. The molecule has 0 aliphatic heterocycles. The zero-order valence-electron chi connectivity index (χ0n) is 13.8. The van der Waals surface area contributed by atoms with E-state index in [2.05, 4.69) is 20.8 Å². The van der Waals surface area contributed by atoms with Gasteiger partial charge in [-0.2, -0.15) is 0 Å². The van der Waals surface area contributed by atoms with Gasteiger partial charge in [-0.05, 0) is 60.6 Å². The van der Waals surface area contributed by atoms with Crippen molar-refractivity contribution in [2.45, 2.75) is 33.6 Å². The summed E-state index contributed by atoms with van der Waals surface area (Å²) in [6.45, 7) is 6.67. The van der Waals surface area contributed by atoms with Crippen molar-refractivity contribution >= 4 is 17.9 Å². The number of hydrogen-bond donors (Lipinski definition) is 0. The van der Waals surface area contributed by atoms with Crippen LogP contribution in [-0.2, 0) is 4.79 Å². The lowest BCUT2D eigenvalue weighted by molar-refractivity contribution is -0.113. The van der Waals surface area contributed by atoms with Gasteiger partial charge in [0.05, 0.1) is 12.5 Å². The lowest BCUT2D eigenvalue weighted by Crippen LogP contribution is -2.29. The van der Waals surface area contributed by atoms with Crippen molar-refractivity contribution in [3.8, 4) is 0 Å². The SMILES string of the molecule is CC(C)(C)C1C/C(=C\c2ccco2)C(=O)/C(=C/c2ccco2)C1. The van der Waals surface area contributed by atoms with E-state index in [4.69, 9.17) is 8.83 Å². The summed E-state index contributed by atoms with van der Waals surface area (Å²) >= 11 is 0. The van der Waals surface area contributed by atoms with Crippen molar-refractivity contribution < 1.29 is 13.6 Å². The predicted octanol–water partition coefficient (Wildman–Crippen LogP) is 5.36. The average molecular weight is 310 g/mol. The number of furan rings is 2. The molecule has 1 aliphatic rings. The average Bonchev–Trinajstić information content (AvgIpc) is 3.15. The van der Waals surface area contributed by atoms with E-state index in [-0.39, 0.29) is 11.2 Å². The van der Waals surface area contributed by atoms with Crippen LogP contribution in [-0.4, -0.2) is 5.78 Å². The molecule has 1 saturated carbocycles. The van der Waals surface area contributed by atoms with Crippen LogP contribution in [0.4, 0.5) is 0 Å². The lowest BCUT2D eigenvalue weighted by Gasteiger charge is -2.35. The Labute approximate surface area is 136 Å². The normalized spacial score (nSPS) is 22.9. The van der Waals surface area contributed by atoms with Gasteiger partial charge in [-0.15, -0.1) is 0 Å². The Hall–Kier alpha value is -2.29. The molecule has 0 saturated heterocycles. The predicted molar refractivity (Wildman–Crippen MR) is 90.6 cm³/mol. The molecule has 0 N–H and O–H groups in total. The van der Waals surface area contributed by atoms with Gasteiger partial charge in [-0.3, -0.25) is 4.79 Å². The van der Waals surface area contributed by atoms with Gasteiger partial charge in [-0.1, -0.05) is 20.8 Å². The van der Waals surface area contributed by atoms with E-state index in [0.29, 0.717) is 5.92 Å². The smallest absolute Gasteiger partial charge is 0.185 e. The molecule has 0 aromatic carbocycles. The summed E-state index contributed by atoms with van der Waals surface area (Å²) in [5.41, 5.74) is 1.75. The van der Waals surface area contributed by atoms with Crippen molar-refractivity contribution in [3.05, 3.63) is 59.5 Å². The fourth-order valence-electron chi connectivity index (χ4n) is 2.95. The number of carbonyl (C=O) groups excluding carboxylic acids is 1. The van der Waals surface area contributed by atoms with Crippen molar-refractivity contribution in [1.82, 2.24) is 0 Å². The number of rotatable bonds is 2. The monoisotopic (exact) mass is 310 g/mol. The van der Waals surface area contributed by atoms with Crippen LogP contribution in [0.3, 0.4) is 0 Å². The summed E-state index contributed by atoms with van der Waals surface area (Å²) in [6.07, 6.45) is 8.55. The quantitative estimate of drug-likeness (QED) is 0.701. The topological polar surface area (TPSA) is 43.4 Å². The van der Waals surface area contributed by atoms with Gasteiger partial charge in [-0.25, -0.2) is 0 Å². The summed E-state index contributed by atoms with van der Waals surface area (Å²) in [7, 11) is 0. The Kier molecular flexibility index (Phi) is 4.12. The molecule has 3 nitrogen and oxygen atoms in total. The van der Waals surface area contributed by atoms with Crippen LogP contribution in [0.5, 0.6) is 0 Å². The highest BCUT2D eigenvalue weighted by Gasteiger charge is 2.34. The molecule has 1 fully saturated rings. The Morgan fingerprint density at radius 2 is 1.43 bits per heavy atom. The van der Waals surface area contributed by atoms with Gasteiger partial charge < -0.3 is 8.83 Å². The third-order valence-electron chi connectivity index (χ3n) is 4.46. The number of carbonyl (C=O) groups is 1. The van der Waals surface area contributed by atoms with Crippen molar-refractivity contribution in [1.29, 1.82) is 0 Å². The molecular formula is C20H22O3. The van der Waals surface area contributed by atoms with Gasteiger partial charge in [0.1, 0.15) is 11.5 Å². The van der Waals surface area contributed by atoms with Crippen LogP contribution in [0.2, 0.25) is 0 Å². The molecule has 2 heterocycles.